The van der Waals surface area contributed by atoms with E-state index in [0.29, 0.717) is 0 Å². The molecule has 0 amide bonds. The summed E-state index contributed by atoms with van der Waals surface area (Å²) in [7, 11) is 0. The Kier molecular flexibility index (Phi) is 3.01. The summed E-state index contributed by atoms with van der Waals surface area (Å²) in [6.45, 7) is 0. The van der Waals surface area contributed by atoms with Crippen LogP contribution < -0.4 is 5.32 Å². The van der Waals surface area contributed by atoms with Crippen LogP contribution in [0.15, 0.2) is 41.1 Å². The summed E-state index contributed by atoms with van der Waals surface area (Å²) in [6.07, 6.45) is 6.74. The number of nitrogens with one attached hydrogen (secondary N) is 2. The highest BCUT2D eigenvalue weighted by Gasteiger charge is 2.21. The molecule has 0 saturated heterocycles. The summed E-state index contributed by atoms with van der Waals surface area (Å²) in [6, 6.07) is 9.98. The lowest BCUT2D eigenvalue weighted by Crippen LogP contribution is -2.13. The molecule has 0 radical (unpaired) electrons. The van der Waals surface area contributed by atoms with Gasteiger partial charge >= 0.3 is 0 Å². The standard InChI is InChI=1S/C18H17N5O/c1-3-11(4-1)9-15-13-7-6-12(10-16(13)24-23-15)20-18-14-5-2-8-19-17(14)21-22-18/h2,5-8,10-11H,1,3-4,9H2,(H2,19,20,21,22). The highest BCUT2D eigenvalue weighted by Crippen LogP contribution is 2.33. The van der Waals surface area contributed by atoms with E-state index in [-0.39, 0.29) is 0 Å². The summed E-state index contributed by atoms with van der Waals surface area (Å²) in [5.41, 5.74) is 3.58. The number of hydrogen-bond acceptors (Lipinski definition) is 5. The molecule has 4 aromatic rings. The normalized spacial score (nSPS) is 15.0. The first kappa shape index (κ1) is 13.5. The molecular weight excluding hydrogens is 302 g/mol. The maximum Gasteiger partial charge on any atom is 0.169 e. The number of rotatable bonds is 4. The zero-order valence-corrected chi connectivity index (χ0v) is 13.1. The lowest BCUT2D eigenvalue weighted by Gasteiger charge is -2.24. The third-order valence-corrected chi connectivity index (χ3v) is 4.85. The van der Waals surface area contributed by atoms with Gasteiger partial charge in [-0.1, -0.05) is 24.4 Å². The Balaban J connectivity index is 1.45. The first-order chi connectivity index (χ1) is 11.9. The largest absolute Gasteiger partial charge is 0.356 e. The van der Waals surface area contributed by atoms with Crippen molar-refractivity contribution >= 4 is 33.5 Å². The van der Waals surface area contributed by atoms with Gasteiger partial charge in [-0.2, -0.15) is 5.10 Å². The minimum Gasteiger partial charge on any atom is -0.356 e. The van der Waals surface area contributed by atoms with Crippen LogP contribution in [0.5, 0.6) is 0 Å². The van der Waals surface area contributed by atoms with Crippen LogP contribution in [-0.4, -0.2) is 20.3 Å². The van der Waals surface area contributed by atoms with Gasteiger partial charge in [0.15, 0.2) is 17.0 Å². The molecule has 24 heavy (non-hydrogen) atoms. The molecule has 120 valence electrons. The molecule has 1 fully saturated rings. The number of nitrogens with zero attached hydrogens (tertiary/aromatic N) is 3. The third-order valence-electron chi connectivity index (χ3n) is 4.85. The Bertz CT molecular complexity index is 1010. The molecule has 0 unspecified atom stereocenters. The topological polar surface area (TPSA) is 79.6 Å². The van der Waals surface area contributed by atoms with Gasteiger partial charge in [-0.25, -0.2) is 4.98 Å². The summed E-state index contributed by atoms with van der Waals surface area (Å²) < 4.78 is 5.54. The van der Waals surface area contributed by atoms with Crippen LogP contribution >= 0.6 is 0 Å². The van der Waals surface area contributed by atoms with Crippen molar-refractivity contribution in [3.05, 3.63) is 42.2 Å². The monoisotopic (exact) mass is 319 g/mol. The number of benzene rings is 1. The number of hydrogen-bond donors (Lipinski definition) is 2. The second-order valence-corrected chi connectivity index (χ2v) is 6.44. The van der Waals surface area contributed by atoms with Crippen LogP contribution in [0.25, 0.3) is 22.0 Å². The summed E-state index contributed by atoms with van der Waals surface area (Å²) >= 11 is 0. The van der Waals surface area contributed by atoms with Gasteiger partial charge in [0.25, 0.3) is 0 Å². The second-order valence-electron chi connectivity index (χ2n) is 6.44. The van der Waals surface area contributed by atoms with Crippen LogP contribution in [0, 0.1) is 5.92 Å². The fourth-order valence-electron chi connectivity index (χ4n) is 3.27. The number of H-pyrrole nitrogens is 1. The van der Waals surface area contributed by atoms with Crippen molar-refractivity contribution < 1.29 is 4.52 Å². The van der Waals surface area contributed by atoms with E-state index in [4.69, 9.17) is 4.52 Å². The maximum absolute atomic E-state index is 5.54. The van der Waals surface area contributed by atoms with E-state index in [1.165, 1.54) is 19.3 Å². The van der Waals surface area contributed by atoms with Gasteiger partial charge < -0.3 is 9.84 Å². The number of anilines is 2. The van der Waals surface area contributed by atoms with Crippen LogP contribution in [0.3, 0.4) is 0 Å². The number of aromatic amines is 1. The van der Waals surface area contributed by atoms with Crippen LogP contribution in [-0.2, 0) is 6.42 Å². The van der Waals surface area contributed by atoms with Gasteiger partial charge in [0.1, 0.15) is 0 Å². The molecule has 2 N–H and O–H groups in total. The maximum atomic E-state index is 5.54. The molecule has 3 heterocycles. The summed E-state index contributed by atoms with van der Waals surface area (Å²) in [4.78, 5) is 4.25. The molecule has 1 aromatic carbocycles. The SMILES string of the molecule is c1cnc2[nH]nc(Nc3ccc4c(CC5CCC5)noc4c3)c2c1. The highest BCUT2D eigenvalue weighted by atomic mass is 16.5. The number of aromatic nitrogens is 4. The molecule has 0 atom stereocenters. The Morgan fingerprint density at radius 2 is 2.17 bits per heavy atom. The van der Waals surface area contributed by atoms with E-state index < -0.39 is 0 Å². The zero-order valence-electron chi connectivity index (χ0n) is 13.1. The first-order valence-electron chi connectivity index (χ1n) is 8.31. The summed E-state index contributed by atoms with van der Waals surface area (Å²) in [5, 5.41) is 16.9. The minimum absolute atomic E-state index is 0.756. The molecule has 5 rings (SSSR count). The van der Waals surface area contributed by atoms with Gasteiger partial charge in [0, 0.05) is 23.3 Å². The molecule has 0 bridgehead atoms. The minimum atomic E-state index is 0.756. The van der Waals surface area contributed by atoms with Gasteiger partial charge in [0.05, 0.1) is 11.1 Å². The lowest BCUT2D eigenvalue weighted by molar-refractivity contribution is 0.306. The highest BCUT2D eigenvalue weighted by molar-refractivity contribution is 5.90. The van der Waals surface area contributed by atoms with Crippen molar-refractivity contribution in [1.29, 1.82) is 0 Å². The van der Waals surface area contributed by atoms with Crippen molar-refractivity contribution in [2.45, 2.75) is 25.7 Å². The van der Waals surface area contributed by atoms with E-state index in [0.717, 1.165) is 51.5 Å². The van der Waals surface area contributed by atoms with Gasteiger partial charge in [-0.15, -0.1) is 0 Å². The molecule has 1 saturated carbocycles. The zero-order chi connectivity index (χ0) is 15.9. The van der Waals surface area contributed by atoms with Crippen molar-refractivity contribution in [1.82, 2.24) is 20.3 Å². The van der Waals surface area contributed by atoms with E-state index in [1.807, 2.05) is 24.3 Å². The number of fused-ring (bicyclic) bond motifs is 2. The predicted molar refractivity (Wildman–Crippen MR) is 92.2 cm³/mol. The van der Waals surface area contributed by atoms with Crippen LogP contribution in [0.1, 0.15) is 25.0 Å². The fraction of sp³-hybridized carbons (Fsp3) is 0.278. The fourth-order valence-corrected chi connectivity index (χ4v) is 3.27. The number of pyridine rings is 1. The Labute approximate surface area is 138 Å². The van der Waals surface area contributed by atoms with Crippen molar-refractivity contribution in [2.24, 2.45) is 5.92 Å². The molecular formula is C18H17N5O. The van der Waals surface area contributed by atoms with Gasteiger partial charge in [0.2, 0.25) is 0 Å². The molecule has 0 spiro atoms. The smallest absolute Gasteiger partial charge is 0.169 e. The first-order valence-corrected chi connectivity index (χ1v) is 8.31. The third kappa shape index (κ3) is 2.22. The average Bonchev–Trinajstić information content (AvgIpc) is 3.15. The average molecular weight is 319 g/mol. The molecule has 3 aromatic heterocycles. The van der Waals surface area contributed by atoms with Crippen LogP contribution in [0.4, 0.5) is 11.5 Å². The van der Waals surface area contributed by atoms with E-state index >= 15 is 0 Å². The van der Waals surface area contributed by atoms with E-state index in [9.17, 15) is 0 Å². The van der Waals surface area contributed by atoms with E-state index in [1.54, 1.807) is 6.20 Å². The van der Waals surface area contributed by atoms with E-state index in [2.05, 4.69) is 31.7 Å². The van der Waals surface area contributed by atoms with Gasteiger partial charge in [-0.05, 0) is 36.6 Å². The van der Waals surface area contributed by atoms with Gasteiger partial charge in [-0.3, -0.25) is 5.10 Å². The van der Waals surface area contributed by atoms with Crippen molar-refractivity contribution in [2.75, 3.05) is 5.32 Å². The van der Waals surface area contributed by atoms with Crippen molar-refractivity contribution in [3.8, 4) is 0 Å². The quantitative estimate of drug-likeness (QED) is 0.589. The summed E-state index contributed by atoms with van der Waals surface area (Å²) in [5.74, 6) is 1.53. The molecule has 1 aliphatic rings. The van der Waals surface area contributed by atoms with Crippen LogP contribution in [0.2, 0.25) is 0 Å². The molecule has 6 nitrogen and oxygen atoms in total. The molecule has 0 aliphatic heterocycles. The molecule has 6 heteroatoms. The Morgan fingerprint density at radius 3 is 3.04 bits per heavy atom. The Morgan fingerprint density at radius 1 is 1.21 bits per heavy atom. The van der Waals surface area contributed by atoms with Crippen molar-refractivity contribution in [3.63, 3.8) is 0 Å². The molecule has 1 aliphatic carbocycles. The second kappa shape index (κ2) is 5.33. The Hall–Kier alpha value is -2.89. The lowest BCUT2D eigenvalue weighted by atomic mass is 9.82. The predicted octanol–water partition coefficient (Wildman–Crippen LogP) is 4.19.